The molecule has 0 bridgehead atoms. The van der Waals surface area contributed by atoms with E-state index in [0.29, 0.717) is 0 Å². The Morgan fingerprint density at radius 3 is 1.42 bits per heavy atom. The molecule has 0 aliphatic carbocycles. The molecule has 244 valence electrons. The summed E-state index contributed by atoms with van der Waals surface area (Å²) in [6.07, 6.45) is 0. The number of furan rings is 1. The summed E-state index contributed by atoms with van der Waals surface area (Å²) in [6, 6.07) is 66.7. The molecular formula is C52H30O. The topological polar surface area (TPSA) is 13.1 Å². The minimum absolute atomic E-state index is 0.911. The Morgan fingerprint density at radius 1 is 0.264 bits per heavy atom. The zero-order chi connectivity index (χ0) is 34.6. The summed E-state index contributed by atoms with van der Waals surface area (Å²) < 4.78 is 7.00. The summed E-state index contributed by atoms with van der Waals surface area (Å²) in [7, 11) is 0. The highest BCUT2D eigenvalue weighted by molar-refractivity contribution is 6.29. The van der Waals surface area contributed by atoms with E-state index in [-0.39, 0.29) is 0 Å². The lowest BCUT2D eigenvalue weighted by Gasteiger charge is -2.18. The van der Waals surface area contributed by atoms with E-state index in [1.807, 2.05) is 0 Å². The summed E-state index contributed by atoms with van der Waals surface area (Å²) in [4.78, 5) is 0. The van der Waals surface area contributed by atoms with Gasteiger partial charge in [0.1, 0.15) is 11.2 Å². The van der Waals surface area contributed by atoms with E-state index in [1.54, 1.807) is 0 Å². The van der Waals surface area contributed by atoms with Crippen LogP contribution in [0.15, 0.2) is 186 Å². The van der Waals surface area contributed by atoms with Crippen LogP contribution in [-0.2, 0) is 0 Å². The molecule has 0 atom stereocenters. The molecule has 12 rings (SSSR count). The lowest BCUT2D eigenvalue weighted by molar-refractivity contribution is 0.670. The third kappa shape index (κ3) is 4.02. The van der Waals surface area contributed by atoms with Gasteiger partial charge in [-0.05, 0) is 105 Å². The lowest BCUT2D eigenvalue weighted by Crippen LogP contribution is -1.91. The SMILES string of the molecule is c1ccc2c(c1)ccc1cc(-c3c4ccccc4c(-c4cccc5c4oc4cc6c7ccccc7c7ccccc7c6cc45)c4ccccc34)ccc12. The summed E-state index contributed by atoms with van der Waals surface area (Å²) in [6.45, 7) is 0. The van der Waals surface area contributed by atoms with Crippen molar-refractivity contribution in [1.82, 2.24) is 0 Å². The Balaban J connectivity index is 1.15. The van der Waals surface area contributed by atoms with Crippen LogP contribution in [0.3, 0.4) is 0 Å². The van der Waals surface area contributed by atoms with Crippen molar-refractivity contribution >= 4 is 97.3 Å². The Morgan fingerprint density at radius 2 is 0.755 bits per heavy atom. The molecule has 0 radical (unpaired) electrons. The summed E-state index contributed by atoms with van der Waals surface area (Å²) in [5.41, 5.74) is 6.64. The quantitative estimate of drug-likeness (QED) is 0.132. The Bertz CT molecular complexity index is 3450. The van der Waals surface area contributed by atoms with Crippen molar-refractivity contribution in [3.63, 3.8) is 0 Å². The predicted octanol–water partition coefficient (Wildman–Crippen LogP) is 15.0. The van der Waals surface area contributed by atoms with Crippen LogP contribution >= 0.6 is 0 Å². The molecule has 53 heavy (non-hydrogen) atoms. The maximum atomic E-state index is 7.00. The van der Waals surface area contributed by atoms with Gasteiger partial charge in [-0.1, -0.05) is 164 Å². The van der Waals surface area contributed by atoms with Gasteiger partial charge in [0, 0.05) is 21.9 Å². The smallest absolute Gasteiger partial charge is 0.143 e. The van der Waals surface area contributed by atoms with Crippen LogP contribution in [0.1, 0.15) is 0 Å². The Hall–Kier alpha value is -6.96. The maximum Gasteiger partial charge on any atom is 0.143 e. The summed E-state index contributed by atoms with van der Waals surface area (Å²) >= 11 is 0. The molecule has 0 saturated heterocycles. The molecule has 1 nitrogen and oxygen atoms in total. The van der Waals surface area contributed by atoms with Gasteiger partial charge in [0.15, 0.2) is 0 Å². The lowest BCUT2D eigenvalue weighted by atomic mass is 9.85. The first kappa shape index (κ1) is 28.7. The van der Waals surface area contributed by atoms with Crippen LogP contribution in [0.5, 0.6) is 0 Å². The van der Waals surface area contributed by atoms with Gasteiger partial charge >= 0.3 is 0 Å². The van der Waals surface area contributed by atoms with Gasteiger partial charge in [-0.3, -0.25) is 0 Å². The van der Waals surface area contributed by atoms with Gasteiger partial charge < -0.3 is 4.42 Å². The molecule has 0 amide bonds. The van der Waals surface area contributed by atoms with Crippen molar-refractivity contribution in [2.45, 2.75) is 0 Å². The standard InChI is InChI=1S/C52H30O/c1-2-13-34-31(12-1)24-25-32-28-33(26-27-35(32)34)50-40-18-7-9-20-42(40)51(43-21-10-8-19-41(43)50)45-23-11-22-44-48-29-46-38-16-5-3-14-36(38)37-15-4-6-17-39(37)47(46)30-49(48)53-52(44)45/h1-30H. The molecule has 11 aromatic carbocycles. The highest BCUT2D eigenvalue weighted by Crippen LogP contribution is 2.48. The molecule has 1 aromatic heterocycles. The van der Waals surface area contributed by atoms with Crippen molar-refractivity contribution < 1.29 is 4.42 Å². The highest BCUT2D eigenvalue weighted by Gasteiger charge is 2.21. The van der Waals surface area contributed by atoms with Crippen LogP contribution < -0.4 is 0 Å². The van der Waals surface area contributed by atoms with Crippen molar-refractivity contribution in [1.29, 1.82) is 0 Å². The van der Waals surface area contributed by atoms with E-state index in [4.69, 9.17) is 4.42 Å². The van der Waals surface area contributed by atoms with Gasteiger partial charge in [-0.15, -0.1) is 0 Å². The molecule has 0 spiro atoms. The Kier molecular flexibility index (Phi) is 5.84. The molecule has 12 aromatic rings. The van der Waals surface area contributed by atoms with E-state index in [2.05, 4.69) is 182 Å². The van der Waals surface area contributed by atoms with Gasteiger partial charge in [-0.2, -0.15) is 0 Å². The molecule has 1 heterocycles. The Labute approximate surface area is 304 Å². The number of hydrogen-bond donors (Lipinski definition) is 0. The van der Waals surface area contributed by atoms with E-state index in [1.165, 1.54) is 92.1 Å². The largest absolute Gasteiger partial charge is 0.455 e. The van der Waals surface area contributed by atoms with E-state index >= 15 is 0 Å². The van der Waals surface area contributed by atoms with E-state index < -0.39 is 0 Å². The van der Waals surface area contributed by atoms with E-state index in [0.717, 1.165) is 27.5 Å². The monoisotopic (exact) mass is 670 g/mol. The molecular weight excluding hydrogens is 641 g/mol. The van der Waals surface area contributed by atoms with Crippen LogP contribution in [-0.4, -0.2) is 0 Å². The fourth-order valence-corrected chi connectivity index (χ4v) is 9.29. The van der Waals surface area contributed by atoms with Crippen LogP contribution in [0, 0.1) is 0 Å². The first-order valence-corrected chi connectivity index (χ1v) is 18.3. The minimum Gasteiger partial charge on any atom is -0.455 e. The first-order chi connectivity index (χ1) is 26.3. The second-order valence-corrected chi connectivity index (χ2v) is 14.3. The maximum absolute atomic E-state index is 7.00. The number of rotatable bonds is 2. The third-order valence-electron chi connectivity index (χ3n) is 11.6. The van der Waals surface area contributed by atoms with Crippen molar-refractivity contribution in [3.8, 4) is 22.3 Å². The van der Waals surface area contributed by atoms with Crippen LogP contribution in [0.2, 0.25) is 0 Å². The normalized spacial score (nSPS) is 12.2. The average Bonchev–Trinajstić information content (AvgIpc) is 3.60. The molecule has 0 aliphatic rings. The van der Waals surface area contributed by atoms with Gasteiger partial charge in [-0.25, -0.2) is 0 Å². The molecule has 0 saturated carbocycles. The zero-order valence-corrected chi connectivity index (χ0v) is 28.7. The predicted molar refractivity (Wildman–Crippen MR) is 227 cm³/mol. The van der Waals surface area contributed by atoms with Crippen LogP contribution in [0.25, 0.3) is 120 Å². The fraction of sp³-hybridized carbons (Fsp3) is 0. The summed E-state index contributed by atoms with van der Waals surface area (Å²) in [5, 5.41) is 19.8. The highest BCUT2D eigenvalue weighted by atomic mass is 16.3. The number of para-hydroxylation sites is 1. The third-order valence-corrected chi connectivity index (χ3v) is 11.6. The van der Waals surface area contributed by atoms with Gasteiger partial charge in [0.2, 0.25) is 0 Å². The number of fused-ring (bicyclic) bond motifs is 14. The van der Waals surface area contributed by atoms with Crippen molar-refractivity contribution in [3.05, 3.63) is 182 Å². The second kappa shape index (κ2) is 10.8. The van der Waals surface area contributed by atoms with Crippen LogP contribution in [0.4, 0.5) is 0 Å². The number of benzene rings is 11. The molecule has 0 fully saturated rings. The molecule has 0 N–H and O–H groups in total. The van der Waals surface area contributed by atoms with Crippen molar-refractivity contribution in [2.75, 3.05) is 0 Å². The first-order valence-electron chi connectivity index (χ1n) is 18.3. The number of hydrogen-bond acceptors (Lipinski definition) is 1. The second-order valence-electron chi connectivity index (χ2n) is 14.3. The van der Waals surface area contributed by atoms with Gasteiger partial charge in [0.05, 0.1) is 0 Å². The average molecular weight is 671 g/mol. The summed E-state index contributed by atoms with van der Waals surface area (Å²) in [5.74, 6) is 0. The minimum atomic E-state index is 0.911. The fourth-order valence-electron chi connectivity index (χ4n) is 9.29. The zero-order valence-electron chi connectivity index (χ0n) is 28.7. The molecule has 0 aliphatic heterocycles. The van der Waals surface area contributed by atoms with Gasteiger partial charge in [0.25, 0.3) is 0 Å². The molecule has 0 unspecified atom stereocenters. The van der Waals surface area contributed by atoms with E-state index in [9.17, 15) is 0 Å². The molecule has 1 heteroatoms. The van der Waals surface area contributed by atoms with Crippen molar-refractivity contribution in [2.24, 2.45) is 0 Å².